The molecule has 6 nitrogen and oxygen atoms in total. The number of para-hydroxylation sites is 1. The molecule has 0 bridgehead atoms. The number of hydrogen-bond acceptors (Lipinski definition) is 4. The van der Waals surface area contributed by atoms with Gasteiger partial charge in [0.1, 0.15) is 11.5 Å². The molecule has 0 aromatic heterocycles. The minimum atomic E-state index is -0.708. The lowest BCUT2D eigenvalue weighted by molar-refractivity contribution is -0.110. The third kappa shape index (κ3) is 3.99. The zero-order valence-corrected chi connectivity index (χ0v) is 16.2. The Kier molecular flexibility index (Phi) is 5.05. The van der Waals surface area contributed by atoms with Gasteiger partial charge in [-0.1, -0.05) is 29.4 Å². The average molecular weight is 395 g/mol. The predicted molar refractivity (Wildman–Crippen MR) is 107 cm³/mol. The molecule has 7 heteroatoms. The molecule has 0 saturated carbocycles. The Bertz CT molecular complexity index is 977. The normalized spacial score (nSPS) is 20.9. The molecule has 2 heterocycles. The second-order valence-electron chi connectivity index (χ2n) is 7.60. The maximum atomic E-state index is 13.9. The van der Waals surface area contributed by atoms with Crippen molar-refractivity contribution < 1.29 is 18.8 Å². The number of amides is 2. The number of nitrogens with one attached hydrogen (secondary N) is 1. The second-order valence-corrected chi connectivity index (χ2v) is 7.60. The van der Waals surface area contributed by atoms with Crippen molar-refractivity contribution in [1.82, 2.24) is 4.90 Å². The summed E-state index contributed by atoms with van der Waals surface area (Å²) in [4.78, 5) is 32.7. The van der Waals surface area contributed by atoms with Crippen molar-refractivity contribution in [2.24, 2.45) is 5.16 Å². The Balaban J connectivity index is 1.42. The molecule has 1 unspecified atom stereocenters. The van der Waals surface area contributed by atoms with Gasteiger partial charge in [0.25, 0.3) is 11.8 Å². The molecule has 0 radical (unpaired) electrons. The SMILES string of the molecule is Cc1ccc(C(=O)N2CCCC3(CC(C(=O)Nc4ccccc4)=NO3)C2)cc1F. The van der Waals surface area contributed by atoms with Crippen molar-refractivity contribution in [2.75, 3.05) is 18.4 Å². The number of anilines is 1. The third-order valence-corrected chi connectivity index (χ3v) is 5.38. The third-order valence-electron chi connectivity index (χ3n) is 5.38. The summed E-state index contributed by atoms with van der Waals surface area (Å²) in [6.07, 6.45) is 1.76. The van der Waals surface area contributed by atoms with E-state index >= 15 is 0 Å². The first-order valence-electron chi connectivity index (χ1n) is 9.63. The maximum Gasteiger partial charge on any atom is 0.273 e. The fourth-order valence-electron chi connectivity index (χ4n) is 3.77. The van der Waals surface area contributed by atoms with Crippen LogP contribution in [0, 0.1) is 12.7 Å². The first kappa shape index (κ1) is 19.1. The van der Waals surface area contributed by atoms with Crippen LogP contribution in [0.4, 0.5) is 10.1 Å². The van der Waals surface area contributed by atoms with Gasteiger partial charge in [-0.15, -0.1) is 0 Å². The summed E-state index contributed by atoms with van der Waals surface area (Å²) < 4.78 is 13.9. The number of halogens is 1. The van der Waals surface area contributed by atoms with Gasteiger partial charge in [0.2, 0.25) is 0 Å². The number of piperidine rings is 1. The highest BCUT2D eigenvalue weighted by molar-refractivity contribution is 6.43. The Morgan fingerprint density at radius 3 is 2.76 bits per heavy atom. The molecule has 0 aliphatic carbocycles. The second kappa shape index (κ2) is 7.66. The van der Waals surface area contributed by atoms with Crippen LogP contribution in [0.15, 0.2) is 53.7 Å². The predicted octanol–water partition coefficient (Wildman–Crippen LogP) is 3.52. The summed E-state index contributed by atoms with van der Waals surface area (Å²) in [5.41, 5.74) is 1.09. The summed E-state index contributed by atoms with van der Waals surface area (Å²) in [5, 5.41) is 6.81. The fraction of sp³-hybridized carbons (Fsp3) is 0.318. The van der Waals surface area contributed by atoms with E-state index in [9.17, 15) is 14.0 Å². The zero-order chi connectivity index (χ0) is 20.4. The molecule has 150 valence electrons. The molecule has 2 aromatic rings. The Morgan fingerprint density at radius 2 is 2.00 bits per heavy atom. The van der Waals surface area contributed by atoms with Crippen molar-refractivity contribution in [3.05, 3.63) is 65.5 Å². The van der Waals surface area contributed by atoms with E-state index in [1.165, 1.54) is 6.07 Å². The topological polar surface area (TPSA) is 71.0 Å². The molecule has 4 rings (SSSR count). The van der Waals surface area contributed by atoms with Gasteiger partial charge in [-0.3, -0.25) is 9.59 Å². The highest BCUT2D eigenvalue weighted by atomic mass is 19.1. The minimum absolute atomic E-state index is 0.242. The van der Waals surface area contributed by atoms with Crippen LogP contribution >= 0.6 is 0 Å². The maximum absolute atomic E-state index is 13.9. The summed E-state index contributed by atoms with van der Waals surface area (Å²) in [7, 11) is 0. The number of carbonyl (C=O) groups is 2. The molecule has 2 aliphatic heterocycles. The van der Waals surface area contributed by atoms with E-state index in [-0.39, 0.29) is 11.8 Å². The number of oxime groups is 1. The van der Waals surface area contributed by atoms with E-state index in [0.29, 0.717) is 48.5 Å². The van der Waals surface area contributed by atoms with E-state index in [0.717, 1.165) is 6.42 Å². The Hall–Kier alpha value is -3.22. The van der Waals surface area contributed by atoms with Crippen molar-refractivity contribution >= 4 is 23.2 Å². The molecular formula is C22H22FN3O3. The minimum Gasteiger partial charge on any atom is -0.386 e. The lowest BCUT2D eigenvalue weighted by atomic mass is 9.87. The Labute approximate surface area is 168 Å². The summed E-state index contributed by atoms with van der Waals surface area (Å²) in [6.45, 7) is 2.53. The van der Waals surface area contributed by atoms with Crippen molar-refractivity contribution in [1.29, 1.82) is 0 Å². The Morgan fingerprint density at radius 1 is 1.21 bits per heavy atom. The molecule has 1 atom stereocenters. The molecular weight excluding hydrogens is 373 g/mol. The van der Waals surface area contributed by atoms with Gasteiger partial charge in [0.15, 0.2) is 5.60 Å². The van der Waals surface area contributed by atoms with Gasteiger partial charge in [-0.05, 0) is 49.6 Å². The van der Waals surface area contributed by atoms with Gasteiger partial charge in [-0.25, -0.2) is 4.39 Å². The largest absolute Gasteiger partial charge is 0.386 e. The molecule has 2 aliphatic rings. The number of likely N-dealkylation sites (tertiary alicyclic amines) is 1. The summed E-state index contributed by atoms with van der Waals surface area (Å²) in [5.74, 6) is -0.950. The van der Waals surface area contributed by atoms with E-state index in [1.807, 2.05) is 18.2 Å². The van der Waals surface area contributed by atoms with Crippen molar-refractivity contribution in [3.8, 4) is 0 Å². The highest BCUT2D eigenvalue weighted by Gasteiger charge is 2.45. The molecule has 1 fully saturated rings. The number of rotatable bonds is 3. The van der Waals surface area contributed by atoms with Crippen LogP contribution in [0.1, 0.15) is 35.2 Å². The van der Waals surface area contributed by atoms with Crippen molar-refractivity contribution in [3.63, 3.8) is 0 Å². The standard InChI is InChI=1S/C22H22FN3O3/c1-15-8-9-16(12-18(15)23)21(28)26-11-5-10-22(14-26)13-19(25-29-22)20(27)24-17-6-3-2-4-7-17/h2-4,6-9,12H,5,10-11,13-14H2,1H3,(H,24,27). The molecule has 29 heavy (non-hydrogen) atoms. The van der Waals surface area contributed by atoms with Crippen LogP contribution in [0.25, 0.3) is 0 Å². The summed E-state index contributed by atoms with van der Waals surface area (Å²) in [6, 6.07) is 13.6. The fourth-order valence-corrected chi connectivity index (χ4v) is 3.77. The van der Waals surface area contributed by atoms with E-state index in [2.05, 4.69) is 10.5 Å². The van der Waals surface area contributed by atoms with Crippen LogP contribution in [0.5, 0.6) is 0 Å². The highest BCUT2D eigenvalue weighted by Crippen LogP contribution is 2.34. The molecule has 1 spiro atoms. The number of benzene rings is 2. The summed E-state index contributed by atoms with van der Waals surface area (Å²) >= 11 is 0. The molecule has 1 saturated heterocycles. The van der Waals surface area contributed by atoms with Gasteiger partial charge >= 0.3 is 0 Å². The first-order valence-corrected chi connectivity index (χ1v) is 9.63. The van der Waals surface area contributed by atoms with Gasteiger partial charge < -0.3 is 15.1 Å². The van der Waals surface area contributed by atoms with Crippen LogP contribution in [-0.4, -0.2) is 41.1 Å². The average Bonchev–Trinajstić information content (AvgIpc) is 3.13. The number of aryl methyl sites for hydroxylation is 1. The van der Waals surface area contributed by atoms with Crippen LogP contribution in [0.3, 0.4) is 0 Å². The number of nitrogens with zero attached hydrogens (tertiary/aromatic N) is 2. The quantitative estimate of drug-likeness (QED) is 0.864. The van der Waals surface area contributed by atoms with Crippen LogP contribution < -0.4 is 5.32 Å². The number of hydrogen-bond donors (Lipinski definition) is 1. The van der Waals surface area contributed by atoms with E-state index in [4.69, 9.17) is 4.84 Å². The smallest absolute Gasteiger partial charge is 0.273 e. The molecule has 1 N–H and O–H groups in total. The molecule has 2 aromatic carbocycles. The van der Waals surface area contributed by atoms with Crippen LogP contribution in [0.2, 0.25) is 0 Å². The lowest BCUT2D eigenvalue weighted by Crippen LogP contribution is -2.50. The monoisotopic (exact) mass is 395 g/mol. The zero-order valence-electron chi connectivity index (χ0n) is 16.2. The molecule has 2 amide bonds. The van der Waals surface area contributed by atoms with Gasteiger partial charge in [-0.2, -0.15) is 0 Å². The van der Waals surface area contributed by atoms with Crippen molar-refractivity contribution in [2.45, 2.75) is 31.8 Å². The van der Waals surface area contributed by atoms with Gasteiger partial charge in [0, 0.05) is 24.2 Å². The van der Waals surface area contributed by atoms with E-state index in [1.54, 1.807) is 36.1 Å². The van der Waals surface area contributed by atoms with Gasteiger partial charge in [0.05, 0.1) is 6.54 Å². The lowest BCUT2D eigenvalue weighted by Gasteiger charge is -2.38. The van der Waals surface area contributed by atoms with E-state index < -0.39 is 11.4 Å². The van der Waals surface area contributed by atoms with Crippen LogP contribution in [-0.2, 0) is 9.63 Å². The number of carbonyl (C=O) groups excluding carboxylic acids is 2. The first-order chi connectivity index (χ1) is 14.0.